The van der Waals surface area contributed by atoms with Crippen molar-refractivity contribution < 1.29 is 13.9 Å². The van der Waals surface area contributed by atoms with Gasteiger partial charge in [-0.15, -0.1) is 0 Å². The van der Waals surface area contributed by atoms with Gasteiger partial charge in [0.05, 0.1) is 25.7 Å². The van der Waals surface area contributed by atoms with Crippen molar-refractivity contribution in [3.05, 3.63) is 71.0 Å². The molecule has 2 aromatic rings. The number of carbonyl (C=O) groups excluding carboxylic acids is 1. The molecule has 0 unspecified atom stereocenters. The minimum Gasteiger partial charge on any atom is -0.379 e. The van der Waals surface area contributed by atoms with Gasteiger partial charge in [-0.25, -0.2) is 4.39 Å². The Bertz CT molecular complexity index is 727. The lowest BCUT2D eigenvalue weighted by Gasteiger charge is -2.35. The first kappa shape index (κ1) is 18.5. The molecule has 3 rings (SSSR count). The van der Waals surface area contributed by atoms with Crippen molar-refractivity contribution in [2.45, 2.75) is 19.4 Å². The van der Waals surface area contributed by atoms with Crippen molar-refractivity contribution in [2.75, 3.05) is 32.8 Å². The second-order valence-electron chi connectivity index (χ2n) is 6.69. The standard InChI is InChI=1S/C21H25FN2O2/c1-16-3-2-4-17(13-16)14-21(25)23-15-20(24-9-11-26-12-10-24)18-5-7-19(22)8-6-18/h2-8,13,20H,9-12,14-15H2,1H3,(H,23,25)/t20-/m1/s1. The van der Waals surface area contributed by atoms with Crippen LogP contribution < -0.4 is 5.32 Å². The highest BCUT2D eigenvalue weighted by atomic mass is 19.1. The molecule has 4 nitrogen and oxygen atoms in total. The summed E-state index contributed by atoms with van der Waals surface area (Å²) in [6, 6.07) is 14.5. The molecule has 1 saturated heterocycles. The first-order chi connectivity index (χ1) is 12.6. The van der Waals surface area contributed by atoms with E-state index in [4.69, 9.17) is 4.74 Å². The van der Waals surface area contributed by atoms with E-state index in [-0.39, 0.29) is 17.8 Å². The molecule has 0 spiro atoms. The smallest absolute Gasteiger partial charge is 0.224 e. The fraction of sp³-hybridized carbons (Fsp3) is 0.381. The van der Waals surface area contributed by atoms with E-state index in [0.717, 1.165) is 29.8 Å². The van der Waals surface area contributed by atoms with Crippen LogP contribution in [0.1, 0.15) is 22.7 Å². The number of aryl methyl sites for hydroxylation is 1. The third-order valence-electron chi connectivity index (χ3n) is 4.68. The van der Waals surface area contributed by atoms with Crippen LogP contribution in [0, 0.1) is 12.7 Å². The first-order valence-electron chi connectivity index (χ1n) is 9.01. The van der Waals surface area contributed by atoms with Crippen molar-refractivity contribution in [1.82, 2.24) is 10.2 Å². The zero-order valence-electron chi connectivity index (χ0n) is 15.1. The Labute approximate surface area is 154 Å². The molecule has 138 valence electrons. The van der Waals surface area contributed by atoms with Gasteiger partial charge < -0.3 is 10.1 Å². The van der Waals surface area contributed by atoms with Gasteiger partial charge in [-0.3, -0.25) is 9.69 Å². The summed E-state index contributed by atoms with van der Waals surface area (Å²) in [5.41, 5.74) is 3.16. The van der Waals surface area contributed by atoms with E-state index in [1.54, 1.807) is 12.1 Å². The summed E-state index contributed by atoms with van der Waals surface area (Å²) in [6.45, 7) is 5.47. The van der Waals surface area contributed by atoms with Gasteiger partial charge in [0.2, 0.25) is 5.91 Å². The zero-order valence-corrected chi connectivity index (χ0v) is 15.1. The molecule has 0 aromatic heterocycles. The second-order valence-corrected chi connectivity index (χ2v) is 6.69. The van der Waals surface area contributed by atoms with E-state index in [9.17, 15) is 9.18 Å². The highest BCUT2D eigenvalue weighted by molar-refractivity contribution is 5.78. The Morgan fingerprint density at radius 2 is 1.92 bits per heavy atom. The Morgan fingerprint density at radius 1 is 1.19 bits per heavy atom. The molecule has 0 bridgehead atoms. The molecule has 1 fully saturated rings. The van der Waals surface area contributed by atoms with Gasteiger partial charge in [-0.2, -0.15) is 0 Å². The van der Waals surface area contributed by atoms with Gasteiger partial charge in [-0.05, 0) is 30.2 Å². The summed E-state index contributed by atoms with van der Waals surface area (Å²) in [4.78, 5) is 14.7. The average molecular weight is 356 g/mol. The summed E-state index contributed by atoms with van der Waals surface area (Å²) in [5, 5.41) is 3.05. The topological polar surface area (TPSA) is 41.6 Å². The van der Waals surface area contributed by atoms with Crippen molar-refractivity contribution in [3.63, 3.8) is 0 Å². The van der Waals surface area contributed by atoms with Gasteiger partial charge in [0, 0.05) is 19.6 Å². The van der Waals surface area contributed by atoms with E-state index in [1.807, 2.05) is 31.2 Å². The quantitative estimate of drug-likeness (QED) is 0.865. The minimum atomic E-state index is -0.252. The van der Waals surface area contributed by atoms with Crippen molar-refractivity contribution in [2.24, 2.45) is 0 Å². The zero-order chi connectivity index (χ0) is 18.4. The lowest BCUT2D eigenvalue weighted by Crippen LogP contribution is -2.44. The molecule has 5 heteroatoms. The molecular formula is C21H25FN2O2. The lowest BCUT2D eigenvalue weighted by molar-refractivity contribution is -0.120. The monoisotopic (exact) mass is 356 g/mol. The first-order valence-corrected chi connectivity index (χ1v) is 9.01. The van der Waals surface area contributed by atoms with E-state index in [1.165, 1.54) is 12.1 Å². The fourth-order valence-corrected chi connectivity index (χ4v) is 3.31. The number of amides is 1. The maximum atomic E-state index is 13.3. The SMILES string of the molecule is Cc1cccc(CC(=O)NC[C@H](c2ccc(F)cc2)N2CCOCC2)c1. The molecule has 0 radical (unpaired) electrons. The van der Waals surface area contributed by atoms with Gasteiger partial charge >= 0.3 is 0 Å². The molecule has 26 heavy (non-hydrogen) atoms. The van der Waals surface area contributed by atoms with Crippen molar-refractivity contribution in [3.8, 4) is 0 Å². The average Bonchev–Trinajstić information content (AvgIpc) is 2.64. The van der Waals surface area contributed by atoms with Crippen molar-refractivity contribution in [1.29, 1.82) is 0 Å². The van der Waals surface area contributed by atoms with E-state index in [2.05, 4.69) is 10.2 Å². The molecule has 1 atom stereocenters. The predicted octanol–water partition coefficient (Wildman–Crippen LogP) is 2.87. The number of hydrogen-bond acceptors (Lipinski definition) is 3. The number of hydrogen-bond donors (Lipinski definition) is 1. The number of nitrogens with one attached hydrogen (secondary N) is 1. The van der Waals surface area contributed by atoms with Crippen LogP contribution in [0.5, 0.6) is 0 Å². The summed E-state index contributed by atoms with van der Waals surface area (Å²) in [7, 11) is 0. The normalized spacial score (nSPS) is 16.2. The van der Waals surface area contributed by atoms with Gasteiger partial charge in [0.25, 0.3) is 0 Å². The number of nitrogens with zero attached hydrogens (tertiary/aromatic N) is 1. The van der Waals surface area contributed by atoms with Crippen LogP contribution in [0.3, 0.4) is 0 Å². The van der Waals surface area contributed by atoms with Crippen LogP contribution in [-0.2, 0) is 16.0 Å². The maximum Gasteiger partial charge on any atom is 0.224 e. The van der Waals surface area contributed by atoms with Gasteiger partial charge in [0.1, 0.15) is 5.82 Å². The molecule has 1 N–H and O–H groups in total. The molecular weight excluding hydrogens is 331 g/mol. The molecule has 0 saturated carbocycles. The van der Waals surface area contributed by atoms with Crippen LogP contribution in [0.2, 0.25) is 0 Å². The third-order valence-corrected chi connectivity index (χ3v) is 4.68. The van der Waals surface area contributed by atoms with Crippen LogP contribution in [-0.4, -0.2) is 43.7 Å². The molecule has 0 aliphatic carbocycles. The summed E-state index contributed by atoms with van der Waals surface area (Å²) >= 11 is 0. The van der Waals surface area contributed by atoms with Crippen molar-refractivity contribution >= 4 is 5.91 Å². The second kappa shape index (κ2) is 8.92. The number of carbonyl (C=O) groups is 1. The van der Waals surface area contributed by atoms with E-state index in [0.29, 0.717) is 26.2 Å². The molecule has 1 heterocycles. The molecule has 2 aromatic carbocycles. The Kier molecular flexibility index (Phi) is 6.36. The number of ether oxygens (including phenoxy) is 1. The molecule has 1 aliphatic heterocycles. The fourth-order valence-electron chi connectivity index (χ4n) is 3.31. The summed E-state index contributed by atoms with van der Waals surface area (Å²) in [6.07, 6.45) is 0.362. The van der Waals surface area contributed by atoms with Crippen LogP contribution in [0.25, 0.3) is 0 Å². The number of halogens is 1. The lowest BCUT2D eigenvalue weighted by atomic mass is 10.0. The number of morpholine rings is 1. The van der Waals surface area contributed by atoms with Crippen LogP contribution in [0.15, 0.2) is 48.5 Å². The van der Waals surface area contributed by atoms with Crippen LogP contribution in [0.4, 0.5) is 4.39 Å². The van der Waals surface area contributed by atoms with E-state index < -0.39 is 0 Å². The number of rotatable bonds is 6. The minimum absolute atomic E-state index is 0.00373. The highest BCUT2D eigenvalue weighted by Gasteiger charge is 2.23. The highest BCUT2D eigenvalue weighted by Crippen LogP contribution is 2.21. The Morgan fingerprint density at radius 3 is 2.62 bits per heavy atom. The Hall–Kier alpha value is -2.24. The summed E-state index contributed by atoms with van der Waals surface area (Å²) in [5.74, 6) is -0.256. The molecule has 1 amide bonds. The van der Waals surface area contributed by atoms with E-state index >= 15 is 0 Å². The summed E-state index contributed by atoms with van der Waals surface area (Å²) < 4.78 is 18.7. The van der Waals surface area contributed by atoms with Gasteiger partial charge in [0.15, 0.2) is 0 Å². The number of benzene rings is 2. The molecule has 1 aliphatic rings. The van der Waals surface area contributed by atoms with Gasteiger partial charge in [-0.1, -0.05) is 42.0 Å². The van der Waals surface area contributed by atoms with Crippen LogP contribution >= 0.6 is 0 Å². The third kappa shape index (κ3) is 5.13. The largest absolute Gasteiger partial charge is 0.379 e. The maximum absolute atomic E-state index is 13.3. The Balaban J connectivity index is 1.65. The predicted molar refractivity (Wildman–Crippen MR) is 99.4 cm³/mol.